The van der Waals surface area contributed by atoms with Crippen LogP contribution in [-0.4, -0.2) is 13.2 Å². The smallest absolute Gasteiger partial charge is 0.131 e. The van der Waals surface area contributed by atoms with E-state index < -0.39 is 23.8 Å². The summed E-state index contributed by atoms with van der Waals surface area (Å²) in [6.45, 7) is 3.79. The number of methoxy groups -OCH3 is 1. The zero-order valence-electron chi connectivity index (χ0n) is 9.71. The van der Waals surface area contributed by atoms with Crippen LogP contribution in [0.5, 0.6) is 0 Å². The van der Waals surface area contributed by atoms with Gasteiger partial charge in [0.25, 0.3) is 0 Å². The van der Waals surface area contributed by atoms with Gasteiger partial charge >= 0.3 is 0 Å². The Labute approximate surface area is 94.4 Å². The van der Waals surface area contributed by atoms with Gasteiger partial charge in [0.15, 0.2) is 0 Å². The van der Waals surface area contributed by atoms with Gasteiger partial charge < -0.3 is 10.5 Å². The summed E-state index contributed by atoms with van der Waals surface area (Å²) in [5, 5.41) is 0. The first-order valence-electron chi connectivity index (χ1n) is 5.21. The Kier molecular flexibility index (Phi) is 4.38. The van der Waals surface area contributed by atoms with E-state index in [2.05, 4.69) is 0 Å². The van der Waals surface area contributed by atoms with Crippen LogP contribution in [0.1, 0.15) is 25.5 Å². The lowest BCUT2D eigenvalue weighted by Gasteiger charge is -2.26. The molecule has 0 aliphatic carbocycles. The number of benzene rings is 1. The van der Waals surface area contributed by atoms with Gasteiger partial charge in [0.2, 0.25) is 0 Å². The van der Waals surface area contributed by atoms with E-state index in [-0.39, 0.29) is 11.5 Å². The molecule has 1 aromatic rings. The quantitative estimate of drug-likeness (QED) is 0.861. The lowest BCUT2D eigenvalue weighted by atomic mass is 9.93. The molecule has 1 aromatic carbocycles. The molecule has 0 fully saturated rings. The fourth-order valence-corrected chi connectivity index (χ4v) is 1.83. The first kappa shape index (κ1) is 13.1. The van der Waals surface area contributed by atoms with E-state index in [0.717, 1.165) is 0 Å². The molecule has 0 bridgehead atoms. The number of hydrogen-bond acceptors (Lipinski definition) is 2. The Morgan fingerprint density at radius 2 is 1.69 bits per heavy atom. The second-order valence-electron chi connectivity index (χ2n) is 4.11. The number of nitrogens with two attached hydrogens (primary N) is 1. The highest BCUT2D eigenvalue weighted by Gasteiger charge is 2.27. The Bertz CT molecular complexity index is 335. The van der Waals surface area contributed by atoms with Gasteiger partial charge in [-0.2, -0.15) is 0 Å². The van der Waals surface area contributed by atoms with Gasteiger partial charge in [-0.3, -0.25) is 0 Å². The lowest BCUT2D eigenvalue weighted by Crippen LogP contribution is -2.33. The van der Waals surface area contributed by atoms with E-state index >= 15 is 0 Å². The Morgan fingerprint density at radius 1 is 1.19 bits per heavy atom. The van der Waals surface area contributed by atoms with E-state index in [9.17, 15) is 8.78 Å². The maximum absolute atomic E-state index is 13.5. The lowest BCUT2D eigenvalue weighted by molar-refractivity contribution is 0.0418. The Morgan fingerprint density at radius 3 is 2.06 bits per heavy atom. The van der Waals surface area contributed by atoms with Gasteiger partial charge in [-0.15, -0.1) is 0 Å². The Balaban J connectivity index is 3.08. The van der Waals surface area contributed by atoms with Crippen LogP contribution in [0.25, 0.3) is 0 Å². The number of rotatable bonds is 4. The molecule has 90 valence electrons. The summed E-state index contributed by atoms with van der Waals surface area (Å²) in [5.41, 5.74) is 5.74. The molecule has 0 spiro atoms. The topological polar surface area (TPSA) is 35.2 Å². The van der Waals surface area contributed by atoms with Crippen molar-refractivity contribution >= 4 is 0 Å². The van der Waals surface area contributed by atoms with Gasteiger partial charge in [0.05, 0.1) is 12.1 Å². The fraction of sp³-hybridized carbons (Fsp3) is 0.500. The molecule has 0 radical (unpaired) electrons. The van der Waals surface area contributed by atoms with Crippen LogP contribution in [0, 0.1) is 17.6 Å². The molecule has 0 aliphatic rings. The van der Waals surface area contributed by atoms with E-state index in [1.807, 2.05) is 13.8 Å². The molecule has 4 heteroatoms. The molecular weight excluding hydrogens is 212 g/mol. The summed E-state index contributed by atoms with van der Waals surface area (Å²) >= 11 is 0. The van der Waals surface area contributed by atoms with E-state index in [4.69, 9.17) is 10.5 Å². The predicted molar refractivity (Wildman–Crippen MR) is 58.9 cm³/mol. The largest absolute Gasteiger partial charge is 0.379 e. The summed E-state index contributed by atoms with van der Waals surface area (Å²) in [5.74, 6) is -1.18. The van der Waals surface area contributed by atoms with Gasteiger partial charge in [0, 0.05) is 12.7 Å². The van der Waals surface area contributed by atoms with Crippen LogP contribution in [-0.2, 0) is 4.74 Å². The molecule has 0 saturated heterocycles. The summed E-state index contributed by atoms with van der Waals surface area (Å²) in [4.78, 5) is 0. The van der Waals surface area contributed by atoms with Crippen molar-refractivity contribution in [1.29, 1.82) is 0 Å². The van der Waals surface area contributed by atoms with Crippen molar-refractivity contribution < 1.29 is 13.5 Å². The zero-order chi connectivity index (χ0) is 12.3. The second kappa shape index (κ2) is 5.37. The van der Waals surface area contributed by atoms with Crippen molar-refractivity contribution in [1.82, 2.24) is 0 Å². The second-order valence-corrected chi connectivity index (χ2v) is 4.11. The minimum atomic E-state index is -0.800. The predicted octanol–water partition coefficient (Wildman–Crippen LogP) is 2.64. The van der Waals surface area contributed by atoms with E-state index in [1.54, 1.807) is 0 Å². The maximum Gasteiger partial charge on any atom is 0.131 e. The minimum absolute atomic E-state index is 0.0824. The highest BCUT2D eigenvalue weighted by molar-refractivity contribution is 5.24. The van der Waals surface area contributed by atoms with Crippen molar-refractivity contribution in [3.05, 3.63) is 35.4 Å². The number of hydrogen-bond donors (Lipinski definition) is 1. The standard InChI is InChI=1S/C12H17F2NO/c1-7(2)12(16-3)11(15)10-8(13)5-4-6-9(10)14/h4-7,11-12H,15H2,1-3H3. The first-order valence-corrected chi connectivity index (χ1v) is 5.21. The Hall–Kier alpha value is -1.00. The summed E-state index contributed by atoms with van der Waals surface area (Å²) < 4.78 is 32.2. The number of ether oxygens (including phenoxy) is 1. The third-order valence-electron chi connectivity index (χ3n) is 2.62. The molecule has 0 amide bonds. The van der Waals surface area contributed by atoms with Crippen LogP contribution in [0.3, 0.4) is 0 Å². The van der Waals surface area contributed by atoms with Gasteiger partial charge in [-0.1, -0.05) is 19.9 Å². The molecule has 0 aromatic heterocycles. The summed E-state index contributed by atoms with van der Waals surface area (Å²) in [7, 11) is 1.49. The third-order valence-corrected chi connectivity index (χ3v) is 2.62. The molecular formula is C12H17F2NO. The molecule has 2 nitrogen and oxygen atoms in total. The van der Waals surface area contributed by atoms with E-state index in [1.165, 1.54) is 25.3 Å². The highest BCUT2D eigenvalue weighted by atomic mass is 19.1. The van der Waals surface area contributed by atoms with Crippen LogP contribution >= 0.6 is 0 Å². The summed E-state index contributed by atoms with van der Waals surface area (Å²) in [6.07, 6.45) is -0.411. The minimum Gasteiger partial charge on any atom is -0.379 e. The normalized spacial score (nSPS) is 15.2. The SMILES string of the molecule is COC(C(C)C)C(N)c1c(F)cccc1F. The average Bonchev–Trinajstić information content (AvgIpc) is 2.17. The van der Waals surface area contributed by atoms with Gasteiger partial charge in [-0.25, -0.2) is 8.78 Å². The summed E-state index contributed by atoms with van der Waals surface area (Å²) in [6, 6.07) is 2.92. The maximum atomic E-state index is 13.5. The van der Waals surface area contributed by atoms with E-state index in [0.29, 0.717) is 0 Å². The fourth-order valence-electron chi connectivity index (χ4n) is 1.83. The molecule has 1 rings (SSSR count). The monoisotopic (exact) mass is 229 g/mol. The molecule has 2 unspecified atom stereocenters. The highest BCUT2D eigenvalue weighted by Crippen LogP contribution is 2.26. The number of halogens is 2. The van der Waals surface area contributed by atoms with Crippen LogP contribution in [0.2, 0.25) is 0 Å². The zero-order valence-corrected chi connectivity index (χ0v) is 9.71. The molecule has 0 aliphatic heterocycles. The van der Waals surface area contributed by atoms with Crippen molar-refractivity contribution in [2.75, 3.05) is 7.11 Å². The average molecular weight is 229 g/mol. The van der Waals surface area contributed by atoms with Crippen molar-refractivity contribution in [2.45, 2.75) is 26.0 Å². The van der Waals surface area contributed by atoms with Crippen LogP contribution < -0.4 is 5.73 Å². The molecule has 2 atom stereocenters. The molecule has 16 heavy (non-hydrogen) atoms. The molecule has 0 saturated carbocycles. The van der Waals surface area contributed by atoms with Crippen LogP contribution in [0.4, 0.5) is 8.78 Å². The van der Waals surface area contributed by atoms with Crippen LogP contribution in [0.15, 0.2) is 18.2 Å². The first-order chi connectivity index (χ1) is 7.49. The van der Waals surface area contributed by atoms with Crippen molar-refractivity contribution in [3.63, 3.8) is 0 Å². The molecule has 2 N–H and O–H groups in total. The third kappa shape index (κ3) is 2.57. The van der Waals surface area contributed by atoms with Crippen molar-refractivity contribution in [3.8, 4) is 0 Å². The van der Waals surface area contributed by atoms with Gasteiger partial charge in [0.1, 0.15) is 11.6 Å². The molecule has 0 heterocycles. The van der Waals surface area contributed by atoms with Crippen molar-refractivity contribution in [2.24, 2.45) is 11.7 Å². The van der Waals surface area contributed by atoms with Gasteiger partial charge in [-0.05, 0) is 18.1 Å².